The molecule has 6 heteroatoms. The van der Waals surface area contributed by atoms with Gasteiger partial charge in [-0.15, -0.1) is 0 Å². The number of hydrogen-bond acceptors (Lipinski definition) is 2. The Morgan fingerprint density at radius 2 is 1.33 bits per heavy atom. The number of aliphatic carboxylic acids is 2. The van der Waals surface area contributed by atoms with E-state index in [9.17, 15) is 9.59 Å². The molecule has 2 N–H and O–H groups in total. The Labute approximate surface area is 105 Å². The zero-order chi connectivity index (χ0) is 8.31. The van der Waals surface area contributed by atoms with Crippen LogP contribution in [0.1, 0.15) is 13.8 Å². The van der Waals surface area contributed by atoms with Crippen molar-refractivity contribution in [2.75, 3.05) is 0 Å². The fourth-order valence-electron chi connectivity index (χ4n) is 0.676. The minimum atomic E-state index is -1.28. The SMILES string of the molecule is CC(C)C(C(=O)O)C(=O)O.[LiH].[NaH]. The topological polar surface area (TPSA) is 74.6 Å². The summed E-state index contributed by atoms with van der Waals surface area (Å²) in [7, 11) is 0. The molecule has 0 rings (SSSR count). The summed E-state index contributed by atoms with van der Waals surface area (Å²) in [6.45, 7) is 3.12. The summed E-state index contributed by atoms with van der Waals surface area (Å²) in [5.41, 5.74) is 0. The fraction of sp³-hybridized carbons (Fsp3) is 0.667. The first-order chi connectivity index (χ1) is 4.46. The third kappa shape index (κ3) is 6.10. The molecular formula is C6H12LiNaO4. The first-order valence-electron chi connectivity index (χ1n) is 2.92. The number of hydrogen-bond donors (Lipinski definition) is 2. The van der Waals surface area contributed by atoms with Gasteiger partial charge < -0.3 is 10.2 Å². The van der Waals surface area contributed by atoms with Crippen molar-refractivity contribution in [3.63, 3.8) is 0 Å². The van der Waals surface area contributed by atoms with Crippen LogP contribution in [-0.4, -0.2) is 70.6 Å². The normalized spacial score (nSPS) is 8.67. The summed E-state index contributed by atoms with van der Waals surface area (Å²) >= 11 is 0. The Hall–Kier alpha value is 0.537. The van der Waals surface area contributed by atoms with Crippen molar-refractivity contribution < 1.29 is 19.8 Å². The van der Waals surface area contributed by atoms with Crippen molar-refractivity contribution in [2.45, 2.75) is 13.8 Å². The molecule has 0 aliphatic carbocycles. The van der Waals surface area contributed by atoms with Crippen LogP contribution >= 0.6 is 0 Å². The van der Waals surface area contributed by atoms with Crippen LogP contribution in [0.3, 0.4) is 0 Å². The van der Waals surface area contributed by atoms with Crippen LogP contribution in [0, 0.1) is 11.8 Å². The van der Waals surface area contributed by atoms with Gasteiger partial charge in [0, 0.05) is 0 Å². The van der Waals surface area contributed by atoms with E-state index in [1.165, 1.54) is 0 Å². The molecule has 0 heterocycles. The summed E-state index contributed by atoms with van der Waals surface area (Å²) < 4.78 is 0. The van der Waals surface area contributed by atoms with Gasteiger partial charge in [-0.25, -0.2) is 0 Å². The van der Waals surface area contributed by atoms with Crippen molar-refractivity contribution in [1.82, 2.24) is 0 Å². The van der Waals surface area contributed by atoms with E-state index in [-0.39, 0.29) is 54.3 Å². The van der Waals surface area contributed by atoms with Gasteiger partial charge in [0.1, 0.15) is 0 Å². The van der Waals surface area contributed by atoms with Crippen LogP contribution in [-0.2, 0) is 9.59 Å². The quantitative estimate of drug-likeness (QED) is 0.435. The van der Waals surface area contributed by atoms with E-state index in [0.29, 0.717) is 0 Å². The van der Waals surface area contributed by atoms with Gasteiger partial charge >= 0.3 is 60.4 Å². The summed E-state index contributed by atoms with van der Waals surface area (Å²) in [5.74, 6) is -4.19. The molecule has 4 nitrogen and oxygen atoms in total. The summed E-state index contributed by atoms with van der Waals surface area (Å²) in [6.07, 6.45) is 0. The molecule has 0 aliphatic rings. The molecule has 0 aromatic heterocycles. The average molecular weight is 178 g/mol. The molecule has 0 aromatic carbocycles. The maximum atomic E-state index is 10.2. The van der Waals surface area contributed by atoms with E-state index in [4.69, 9.17) is 10.2 Å². The first-order valence-corrected chi connectivity index (χ1v) is 2.92. The molecule has 0 radical (unpaired) electrons. The minimum absolute atomic E-state index is 0. The third-order valence-corrected chi connectivity index (χ3v) is 1.20. The van der Waals surface area contributed by atoms with Crippen molar-refractivity contribution in [3.8, 4) is 0 Å². The van der Waals surface area contributed by atoms with E-state index in [2.05, 4.69) is 0 Å². The van der Waals surface area contributed by atoms with Gasteiger partial charge in [0.15, 0.2) is 5.92 Å². The van der Waals surface area contributed by atoms with Gasteiger partial charge in [-0.05, 0) is 5.92 Å². The zero-order valence-electron chi connectivity index (χ0n) is 5.87. The molecular weight excluding hydrogens is 166 g/mol. The van der Waals surface area contributed by atoms with E-state index in [1.54, 1.807) is 13.8 Å². The van der Waals surface area contributed by atoms with Gasteiger partial charge in [-0.1, -0.05) is 13.8 Å². The zero-order valence-corrected chi connectivity index (χ0v) is 5.87. The van der Waals surface area contributed by atoms with Gasteiger partial charge in [0.25, 0.3) is 0 Å². The Morgan fingerprint density at radius 3 is 1.33 bits per heavy atom. The van der Waals surface area contributed by atoms with Crippen LogP contribution in [0.2, 0.25) is 0 Å². The van der Waals surface area contributed by atoms with Gasteiger partial charge in [0.2, 0.25) is 0 Å². The van der Waals surface area contributed by atoms with E-state index in [1.807, 2.05) is 0 Å². The van der Waals surface area contributed by atoms with Crippen molar-refractivity contribution in [2.24, 2.45) is 11.8 Å². The van der Waals surface area contributed by atoms with Crippen LogP contribution in [0.4, 0.5) is 0 Å². The second-order valence-corrected chi connectivity index (χ2v) is 2.40. The predicted octanol–water partition coefficient (Wildman–Crippen LogP) is -0.869. The maximum absolute atomic E-state index is 10.2. The number of carbonyl (C=O) groups is 2. The molecule has 0 spiro atoms. The molecule has 0 atom stereocenters. The van der Waals surface area contributed by atoms with Gasteiger partial charge in [-0.2, -0.15) is 0 Å². The Morgan fingerprint density at radius 1 is 1.08 bits per heavy atom. The summed E-state index contributed by atoms with van der Waals surface area (Å²) in [6, 6.07) is 0. The summed E-state index contributed by atoms with van der Waals surface area (Å²) in [4.78, 5) is 20.4. The van der Waals surface area contributed by atoms with Gasteiger partial charge in [0.05, 0.1) is 0 Å². The molecule has 0 saturated heterocycles. The fourth-order valence-corrected chi connectivity index (χ4v) is 0.676. The monoisotopic (exact) mass is 178 g/mol. The van der Waals surface area contributed by atoms with E-state index >= 15 is 0 Å². The Kier molecular flexibility index (Phi) is 12.5. The van der Waals surface area contributed by atoms with Crippen molar-refractivity contribution in [1.29, 1.82) is 0 Å². The van der Waals surface area contributed by atoms with Crippen LogP contribution in [0.25, 0.3) is 0 Å². The second-order valence-electron chi connectivity index (χ2n) is 2.40. The molecule has 0 unspecified atom stereocenters. The Bertz CT molecular complexity index is 146. The molecule has 0 aromatic rings. The average Bonchev–Trinajstić information content (AvgIpc) is 1.59. The number of carboxylic acids is 2. The Balaban J connectivity index is -0.000000405. The summed E-state index contributed by atoms with van der Waals surface area (Å²) in [5, 5.41) is 16.7. The first kappa shape index (κ1) is 18.3. The molecule has 62 valence electrons. The predicted molar refractivity (Wildman–Crippen MR) is 47.9 cm³/mol. The van der Waals surface area contributed by atoms with E-state index in [0.717, 1.165) is 0 Å². The molecule has 0 fully saturated rings. The van der Waals surface area contributed by atoms with Crippen LogP contribution in [0.15, 0.2) is 0 Å². The molecule has 12 heavy (non-hydrogen) atoms. The molecule has 0 bridgehead atoms. The molecule has 0 saturated carbocycles. The molecule has 0 amide bonds. The van der Waals surface area contributed by atoms with Gasteiger partial charge in [-0.3, -0.25) is 9.59 Å². The number of carboxylic acid groups (broad SMARTS) is 2. The van der Waals surface area contributed by atoms with Crippen molar-refractivity contribution in [3.05, 3.63) is 0 Å². The molecule has 0 aliphatic heterocycles. The van der Waals surface area contributed by atoms with Crippen LogP contribution in [0.5, 0.6) is 0 Å². The standard InChI is InChI=1S/C6H10O4.Li.Na.2H/c1-3(2)4(5(7)8)6(9)10;;;;/h3-4H,1-2H3,(H,7,8)(H,9,10);;;;. The third-order valence-electron chi connectivity index (χ3n) is 1.20. The van der Waals surface area contributed by atoms with Crippen LogP contribution < -0.4 is 0 Å². The number of rotatable bonds is 3. The second kappa shape index (κ2) is 8.15. The van der Waals surface area contributed by atoms with Crippen molar-refractivity contribution >= 4 is 60.4 Å². The van der Waals surface area contributed by atoms with E-state index < -0.39 is 17.9 Å².